The van der Waals surface area contributed by atoms with Crippen molar-refractivity contribution in [1.82, 2.24) is 9.62 Å². The van der Waals surface area contributed by atoms with E-state index in [1.54, 1.807) is 7.11 Å². The van der Waals surface area contributed by atoms with Crippen molar-refractivity contribution in [3.8, 4) is 5.75 Å². The van der Waals surface area contributed by atoms with Crippen molar-refractivity contribution in [2.45, 2.75) is 10.9 Å². The minimum Gasteiger partial charge on any atom is -0.496 e. The van der Waals surface area contributed by atoms with Crippen LogP contribution in [0, 0.1) is 0 Å². The highest BCUT2D eigenvalue weighted by atomic mass is 32.2. The molecule has 26 heavy (non-hydrogen) atoms. The zero-order valence-electron chi connectivity index (χ0n) is 14.4. The fraction of sp³-hybridized carbons (Fsp3) is 0.278. The number of nitrogens with one attached hydrogen (secondary N) is 1. The van der Waals surface area contributed by atoms with Crippen LogP contribution in [0.1, 0.15) is 22.0 Å². The summed E-state index contributed by atoms with van der Waals surface area (Å²) in [4.78, 5) is 11.3. The number of para-hydroxylation sites is 1. The molecule has 7 nitrogen and oxygen atoms in total. The van der Waals surface area contributed by atoms with Crippen molar-refractivity contribution in [2.75, 3.05) is 26.7 Å². The third-order valence-electron chi connectivity index (χ3n) is 4.44. The summed E-state index contributed by atoms with van der Waals surface area (Å²) in [6.07, 6.45) is 0. The van der Waals surface area contributed by atoms with Crippen molar-refractivity contribution in [1.29, 1.82) is 0 Å². The number of hydrogen-bond acceptors (Lipinski definition) is 5. The Morgan fingerprint density at radius 2 is 1.88 bits per heavy atom. The van der Waals surface area contributed by atoms with Crippen LogP contribution in [0.4, 0.5) is 0 Å². The van der Waals surface area contributed by atoms with Gasteiger partial charge < -0.3 is 15.8 Å². The highest BCUT2D eigenvalue weighted by Crippen LogP contribution is 2.33. The van der Waals surface area contributed by atoms with Crippen LogP contribution < -0.4 is 15.8 Å². The number of ether oxygens (including phenoxy) is 1. The molecule has 3 rings (SSSR count). The molecule has 0 aromatic heterocycles. The predicted octanol–water partition coefficient (Wildman–Crippen LogP) is 1.13. The number of sulfonamides is 1. The Balaban J connectivity index is 1.99. The lowest BCUT2D eigenvalue weighted by Gasteiger charge is -2.36. The number of carbonyl (C=O) groups excluding carboxylic acids is 1. The summed E-state index contributed by atoms with van der Waals surface area (Å²) in [5, 5.41) is 3.24. The summed E-state index contributed by atoms with van der Waals surface area (Å²) in [6, 6.07) is 12.7. The first-order chi connectivity index (χ1) is 12.4. The molecular formula is C18H21N3O4S. The zero-order valence-corrected chi connectivity index (χ0v) is 15.2. The Morgan fingerprint density at radius 1 is 1.19 bits per heavy atom. The monoisotopic (exact) mass is 375 g/mol. The molecule has 3 N–H and O–H groups in total. The van der Waals surface area contributed by atoms with Gasteiger partial charge in [-0.15, -0.1) is 0 Å². The van der Waals surface area contributed by atoms with Gasteiger partial charge in [0.15, 0.2) is 0 Å². The fourth-order valence-corrected chi connectivity index (χ4v) is 4.71. The van der Waals surface area contributed by atoms with Crippen molar-refractivity contribution < 1.29 is 17.9 Å². The van der Waals surface area contributed by atoms with E-state index in [4.69, 9.17) is 10.5 Å². The van der Waals surface area contributed by atoms with Crippen molar-refractivity contribution in [3.63, 3.8) is 0 Å². The average molecular weight is 375 g/mol. The van der Waals surface area contributed by atoms with Crippen molar-refractivity contribution in [3.05, 3.63) is 59.7 Å². The van der Waals surface area contributed by atoms with Gasteiger partial charge in [0.2, 0.25) is 15.9 Å². The number of rotatable bonds is 5. The Hall–Kier alpha value is -2.42. The van der Waals surface area contributed by atoms with Gasteiger partial charge in [-0.1, -0.05) is 18.2 Å². The van der Waals surface area contributed by atoms with Gasteiger partial charge in [0.1, 0.15) is 5.75 Å². The first kappa shape index (κ1) is 18.4. The molecule has 2 aromatic carbocycles. The van der Waals surface area contributed by atoms with Crippen LogP contribution in [0.25, 0.3) is 0 Å². The molecule has 1 aliphatic heterocycles. The van der Waals surface area contributed by atoms with Gasteiger partial charge in [0.25, 0.3) is 0 Å². The molecule has 0 aliphatic carbocycles. The molecule has 0 saturated carbocycles. The van der Waals surface area contributed by atoms with E-state index in [1.807, 2.05) is 24.3 Å². The molecule has 1 unspecified atom stereocenters. The molecule has 1 saturated heterocycles. The maximum absolute atomic E-state index is 13.2. The minimum atomic E-state index is -3.74. The minimum absolute atomic E-state index is 0.129. The van der Waals surface area contributed by atoms with E-state index < -0.39 is 15.9 Å². The molecule has 8 heteroatoms. The number of methoxy groups -OCH3 is 1. The average Bonchev–Trinajstić information content (AvgIpc) is 2.68. The summed E-state index contributed by atoms with van der Waals surface area (Å²) in [5.74, 6) is 0.0495. The van der Waals surface area contributed by atoms with Gasteiger partial charge in [-0.3, -0.25) is 4.79 Å². The number of carbonyl (C=O) groups is 1. The third kappa shape index (κ3) is 3.44. The lowest BCUT2D eigenvalue weighted by molar-refractivity contribution is 0.1000. The van der Waals surface area contributed by atoms with E-state index in [0.29, 0.717) is 25.4 Å². The molecule has 1 aliphatic rings. The predicted molar refractivity (Wildman–Crippen MR) is 97.5 cm³/mol. The Bertz CT molecular complexity index is 897. The molecule has 138 valence electrons. The molecule has 0 radical (unpaired) electrons. The Labute approximate surface area is 152 Å². The van der Waals surface area contributed by atoms with Gasteiger partial charge in [-0.25, -0.2) is 8.42 Å². The number of benzene rings is 2. The van der Waals surface area contributed by atoms with Gasteiger partial charge in [-0.2, -0.15) is 4.31 Å². The van der Waals surface area contributed by atoms with Crippen LogP contribution >= 0.6 is 0 Å². The Kier molecular flexibility index (Phi) is 5.26. The van der Waals surface area contributed by atoms with Gasteiger partial charge in [0.05, 0.1) is 18.0 Å². The number of nitrogens with two attached hydrogens (primary N) is 1. The van der Waals surface area contributed by atoms with Crippen LogP contribution in [-0.4, -0.2) is 45.4 Å². The summed E-state index contributed by atoms with van der Waals surface area (Å²) >= 11 is 0. The number of hydrogen-bond donors (Lipinski definition) is 2. The summed E-state index contributed by atoms with van der Waals surface area (Å²) in [6.45, 7) is 1.38. The van der Waals surface area contributed by atoms with Crippen LogP contribution in [-0.2, 0) is 10.0 Å². The molecule has 0 spiro atoms. The third-order valence-corrected chi connectivity index (χ3v) is 6.36. The van der Waals surface area contributed by atoms with E-state index in [1.165, 1.54) is 28.6 Å². The van der Waals surface area contributed by atoms with E-state index in [0.717, 1.165) is 5.56 Å². The topological polar surface area (TPSA) is 102 Å². The van der Waals surface area contributed by atoms with E-state index >= 15 is 0 Å². The molecule has 2 aromatic rings. The largest absolute Gasteiger partial charge is 0.496 e. The van der Waals surface area contributed by atoms with Gasteiger partial charge in [0, 0.05) is 30.8 Å². The number of amides is 1. The molecule has 1 amide bonds. The van der Waals surface area contributed by atoms with E-state index in [2.05, 4.69) is 5.32 Å². The lowest BCUT2D eigenvalue weighted by Crippen LogP contribution is -2.48. The maximum atomic E-state index is 13.2. The zero-order chi connectivity index (χ0) is 18.7. The van der Waals surface area contributed by atoms with Crippen molar-refractivity contribution >= 4 is 15.9 Å². The smallest absolute Gasteiger partial charge is 0.248 e. The van der Waals surface area contributed by atoms with E-state index in [-0.39, 0.29) is 16.5 Å². The summed E-state index contributed by atoms with van der Waals surface area (Å²) in [7, 11) is -2.18. The standard InChI is InChI=1S/C18H21N3O4S/c1-25-17-5-3-2-4-15(17)16-12-20-10-11-21(16)26(23,24)14-8-6-13(7-9-14)18(19)22/h2-9,16,20H,10-12H2,1H3,(H2,19,22). The quantitative estimate of drug-likeness (QED) is 0.816. The van der Waals surface area contributed by atoms with Crippen LogP contribution in [0.5, 0.6) is 5.75 Å². The highest BCUT2D eigenvalue weighted by Gasteiger charge is 2.35. The number of primary amides is 1. The summed E-state index contributed by atoms with van der Waals surface area (Å²) in [5.41, 5.74) is 6.30. The van der Waals surface area contributed by atoms with Crippen LogP contribution in [0.3, 0.4) is 0 Å². The van der Waals surface area contributed by atoms with Gasteiger partial charge >= 0.3 is 0 Å². The Morgan fingerprint density at radius 3 is 2.54 bits per heavy atom. The second-order valence-electron chi connectivity index (χ2n) is 5.97. The molecule has 1 atom stereocenters. The fourth-order valence-electron chi connectivity index (χ4n) is 3.11. The normalized spacial score (nSPS) is 18.4. The second kappa shape index (κ2) is 7.45. The first-order valence-corrected chi connectivity index (χ1v) is 9.64. The van der Waals surface area contributed by atoms with E-state index in [9.17, 15) is 13.2 Å². The lowest BCUT2D eigenvalue weighted by atomic mass is 10.0. The first-order valence-electron chi connectivity index (χ1n) is 8.20. The molecule has 0 bridgehead atoms. The highest BCUT2D eigenvalue weighted by molar-refractivity contribution is 7.89. The van der Waals surface area contributed by atoms with Crippen molar-refractivity contribution in [2.24, 2.45) is 5.73 Å². The molecule has 1 heterocycles. The summed E-state index contributed by atoms with van der Waals surface area (Å²) < 4.78 is 33.3. The molecule has 1 fully saturated rings. The van der Waals surface area contributed by atoms with Crippen LogP contribution in [0.2, 0.25) is 0 Å². The number of nitrogens with zero attached hydrogens (tertiary/aromatic N) is 1. The molecular weight excluding hydrogens is 354 g/mol. The maximum Gasteiger partial charge on any atom is 0.248 e. The second-order valence-corrected chi connectivity index (χ2v) is 7.86. The SMILES string of the molecule is COc1ccccc1C1CNCCN1S(=O)(=O)c1ccc(C(N)=O)cc1. The van der Waals surface area contributed by atoms with Crippen LogP contribution in [0.15, 0.2) is 53.4 Å². The van der Waals surface area contributed by atoms with Gasteiger partial charge in [-0.05, 0) is 30.3 Å². The number of piperazine rings is 1.